The van der Waals surface area contributed by atoms with Gasteiger partial charge >= 0.3 is 6.03 Å². The first-order valence-corrected chi connectivity index (χ1v) is 11.2. The van der Waals surface area contributed by atoms with Crippen molar-refractivity contribution < 1.29 is 15.0 Å². The second-order valence-electron chi connectivity index (χ2n) is 9.37. The van der Waals surface area contributed by atoms with E-state index in [0.29, 0.717) is 18.1 Å². The molecule has 1 aromatic carbocycles. The first kappa shape index (κ1) is 21.4. The van der Waals surface area contributed by atoms with Gasteiger partial charge in [0.05, 0.1) is 30.0 Å². The highest BCUT2D eigenvalue weighted by atomic mass is 35.5. The molecule has 7 nitrogen and oxygen atoms in total. The Morgan fingerprint density at radius 1 is 1.30 bits per heavy atom. The van der Waals surface area contributed by atoms with Crippen molar-refractivity contribution in [1.29, 1.82) is 0 Å². The van der Waals surface area contributed by atoms with E-state index in [4.69, 9.17) is 11.6 Å². The van der Waals surface area contributed by atoms with Gasteiger partial charge in [0, 0.05) is 29.1 Å². The summed E-state index contributed by atoms with van der Waals surface area (Å²) in [7, 11) is 0. The second kappa shape index (κ2) is 8.36. The van der Waals surface area contributed by atoms with Crippen LogP contribution in [0, 0.1) is 11.3 Å². The lowest BCUT2D eigenvalue weighted by Gasteiger charge is -2.43. The van der Waals surface area contributed by atoms with Gasteiger partial charge in [-0.25, -0.2) is 4.79 Å². The highest BCUT2D eigenvalue weighted by Gasteiger charge is 2.40. The van der Waals surface area contributed by atoms with Crippen molar-refractivity contribution in [3.05, 3.63) is 28.9 Å². The third-order valence-electron chi connectivity index (χ3n) is 7.17. The van der Waals surface area contributed by atoms with Gasteiger partial charge in [-0.3, -0.25) is 5.10 Å². The number of carbonyl (C=O) groups excluding carboxylic acids is 1. The maximum absolute atomic E-state index is 12.6. The number of amides is 2. The molecule has 2 fully saturated rings. The van der Waals surface area contributed by atoms with Gasteiger partial charge in [0.1, 0.15) is 0 Å². The Kier molecular flexibility index (Phi) is 5.97. The van der Waals surface area contributed by atoms with Crippen LogP contribution >= 0.6 is 11.6 Å². The van der Waals surface area contributed by atoms with Crippen molar-refractivity contribution in [3.63, 3.8) is 0 Å². The summed E-state index contributed by atoms with van der Waals surface area (Å²) in [6.45, 7) is 5.45. The first-order chi connectivity index (χ1) is 14.3. The van der Waals surface area contributed by atoms with Crippen molar-refractivity contribution in [2.45, 2.75) is 64.2 Å². The number of likely N-dealkylation sites (tertiary alicyclic amines) is 1. The minimum absolute atomic E-state index is 0.0910. The van der Waals surface area contributed by atoms with Crippen molar-refractivity contribution in [2.24, 2.45) is 11.3 Å². The third-order valence-corrected chi connectivity index (χ3v) is 7.38. The van der Waals surface area contributed by atoms with Gasteiger partial charge in [0.2, 0.25) is 0 Å². The van der Waals surface area contributed by atoms with Crippen LogP contribution in [0.3, 0.4) is 0 Å². The van der Waals surface area contributed by atoms with Crippen molar-refractivity contribution in [1.82, 2.24) is 20.4 Å². The van der Waals surface area contributed by atoms with E-state index < -0.39 is 17.6 Å². The quantitative estimate of drug-likeness (QED) is 0.590. The third kappa shape index (κ3) is 4.03. The van der Waals surface area contributed by atoms with E-state index in [9.17, 15) is 15.0 Å². The number of benzene rings is 1. The highest BCUT2D eigenvalue weighted by Crippen LogP contribution is 2.46. The first-order valence-electron chi connectivity index (χ1n) is 10.8. The molecule has 164 valence electrons. The molecule has 8 heteroatoms. The molecular weight excluding hydrogens is 404 g/mol. The average Bonchev–Trinajstić information content (AvgIpc) is 3.35. The molecule has 0 unspecified atom stereocenters. The summed E-state index contributed by atoms with van der Waals surface area (Å²) < 4.78 is 0. The molecule has 2 amide bonds. The van der Waals surface area contributed by atoms with Crippen LogP contribution in [-0.2, 0) is 0 Å². The summed E-state index contributed by atoms with van der Waals surface area (Å²) in [6.07, 6.45) is 4.75. The van der Waals surface area contributed by atoms with Crippen LogP contribution in [0.15, 0.2) is 18.3 Å². The number of carbonyl (C=O) groups is 1. The number of rotatable bonds is 4. The lowest BCUT2D eigenvalue weighted by atomic mass is 9.68. The smallest absolute Gasteiger partial charge is 0.317 e. The van der Waals surface area contributed by atoms with E-state index in [1.807, 2.05) is 17.0 Å². The molecule has 4 rings (SSSR count). The number of urea groups is 1. The van der Waals surface area contributed by atoms with Crippen LogP contribution in [0.2, 0.25) is 5.02 Å². The van der Waals surface area contributed by atoms with Crippen LogP contribution in [0.25, 0.3) is 10.9 Å². The molecule has 2 heterocycles. The summed E-state index contributed by atoms with van der Waals surface area (Å²) in [5.41, 5.74) is 1.18. The summed E-state index contributed by atoms with van der Waals surface area (Å²) in [5, 5.41) is 32.8. The van der Waals surface area contributed by atoms with Gasteiger partial charge in [0.15, 0.2) is 0 Å². The van der Waals surface area contributed by atoms with E-state index >= 15 is 0 Å². The maximum atomic E-state index is 12.6. The van der Waals surface area contributed by atoms with Crippen molar-refractivity contribution >= 4 is 28.5 Å². The normalized spacial score (nSPS) is 24.4. The molecule has 0 bridgehead atoms. The molecule has 3 atom stereocenters. The molecule has 2 aliphatic rings. The molecule has 1 saturated carbocycles. The lowest BCUT2D eigenvalue weighted by molar-refractivity contribution is -0.0145. The van der Waals surface area contributed by atoms with Gasteiger partial charge in [-0.05, 0) is 55.6 Å². The molecular formula is C22H31ClN4O3. The Bertz CT molecular complexity index is 907. The van der Waals surface area contributed by atoms with Gasteiger partial charge in [-0.1, -0.05) is 25.4 Å². The number of nitrogens with one attached hydrogen (secondary N) is 2. The summed E-state index contributed by atoms with van der Waals surface area (Å²) in [5.74, 6) is 0.255. The van der Waals surface area contributed by atoms with E-state index in [1.165, 1.54) is 0 Å². The molecule has 1 aliphatic carbocycles. The zero-order chi connectivity index (χ0) is 21.5. The fourth-order valence-electron chi connectivity index (χ4n) is 5.07. The van der Waals surface area contributed by atoms with E-state index in [1.54, 1.807) is 6.20 Å². The van der Waals surface area contributed by atoms with Crippen LogP contribution in [0.5, 0.6) is 0 Å². The predicted molar refractivity (Wildman–Crippen MR) is 116 cm³/mol. The minimum Gasteiger partial charge on any atom is -0.391 e. The Hall–Kier alpha value is -1.83. The molecule has 4 N–H and O–H groups in total. The van der Waals surface area contributed by atoms with Gasteiger partial charge < -0.3 is 20.4 Å². The summed E-state index contributed by atoms with van der Waals surface area (Å²) in [6, 6.07) is 3.42. The number of fused-ring (bicyclic) bond motifs is 1. The highest BCUT2D eigenvalue weighted by molar-refractivity contribution is 6.31. The van der Waals surface area contributed by atoms with Gasteiger partial charge in [0.25, 0.3) is 0 Å². The summed E-state index contributed by atoms with van der Waals surface area (Å²) >= 11 is 6.27. The minimum atomic E-state index is -0.710. The number of H-pyrrole nitrogens is 1. The van der Waals surface area contributed by atoms with E-state index in [0.717, 1.165) is 48.6 Å². The van der Waals surface area contributed by atoms with Crippen LogP contribution < -0.4 is 5.32 Å². The lowest BCUT2D eigenvalue weighted by Crippen LogP contribution is -2.51. The maximum Gasteiger partial charge on any atom is 0.317 e. The number of hydrogen-bond acceptors (Lipinski definition) is 4. The zero-order valence-electron chi connectivity index (χ0n) is 17.6. The Morgan fingerprint density at radius 3 is 2.70 bits per heavy atom. The van der Waals surface area contributed by atoms with Crippen LogP contribution in [-0.4, -0.2) is 56.6 Å². The fraction of sp³-hybridized carbons (Fsp3) is 0.636. The van der Waals surface area contributed by atoms with Gasteiger partial charge in [-0.2, -0.15) is 5.10 Å². The molecule has 1 aromatic heterocycles. The number of halogens is 1. The Morgan fingerprint density at radius 2 is 2.03 bits per heavy atom. The van der Waals surface area contributed by atoms with E-state index in [-0.39, 0.29) is 18.0 Å². The van der Waals surface area contributed by atoms with Gasteiger partial charge in [-0.15, -0.1) is 0 Å². The van der Waals surface area contributed by atoms with Crippen LogP contribution in [0.4, 0.5) is 4.79 Å². The number of piperidine rings is 1. The monoisotopic (exact) mass is 434 g/mol. The Balaban J connectivity index is 1.41. The molecule has 30 heavy (non-hydrogen) atoms. The molecule has 2 aromatic rings. The second-order valence-corrected chi connectivity index (χ2v) is 9.81. The summed E-state index contributed by atoms with van der Waals surface area (Å²) in [4.78, 5) is 14.4. The average molecular weight is 435 g/mol. The standard InChI is InChI=1S/C22H31ClN4O3/c1-22(2,20(29)16-11-15(23)10-13-12-24-26-19(13)16)14-6-8-27(9-7-14)21(30)25-17-4-3-5-18(17)28/h10-12,14,17-18,20,28-29H,3-9H2,1-2H3,(H,24,26)(H,25,30)/t17-,18-,20+/m0/s1. The SMILES string of the molecule is CC(C)(C1CCN(C(=O)N[C@H]2CCC[C@@H]2O)CC1)[C@H](O)c1cc(Cl)cc2cn[nH]c12. The largest absolute Gasteiger partial charge is 0.391 e. The predicted octanol–water partition coefficient (Wildman–Crippen LogP) is 3.61. The number of aromatic nitrogens is 2. The number of aromatic amines is 1. The van der Waals surface area contributed by atoms with Crippen LogP contribution in [0.1, 0.15) is 57.6 Å². The molecule has 0 spiro atoms. The zero-order valence-corrected chi connectivity index (χ0v) is 18.3. The van der Waals surface area contributed by atoms with Crippen molar-refractivity contribution in [2.75, 3.05) is 13.1 Å². The number of aliphatic hydroxyl groups excluding tert-OH is 2. The molecule has 1 aliphatic heterocycles. The number of nitrogens with zero attached hydrogens (tertiary/aromatic N) is 2. The van der Waals surface area contributed by atoms with E-state index in [2.05, 4.69) is 29.4 Å². The molecule has 0 radical (unpaired) electrons. The molecule has 1 saturated heterocycles. The Labute approximate surface area is 181 Å². The van der Waals surface area contributed by atoms with Crippen molar-refractivity contribution in [3.8, 4) is 0 Å². The number of hydrogen-bond donors (Lipinski definition) is 4. The fourth-order valence-corrected chi connectivity index (χ4v) is 5.31. The topological polar surface area (TPSA) is 101 Å². The number of aliphatic hydroxyl groups is 2.